The normalized spacial score (nSPS) is 18.0. The highest BCUT2D eigenvalue weighted by atomic mass is 16.4. The summed E-state index contributed by atoms with van der Waals surface area (Å²) in [5, 5.41) is 6.85. The lowest BCUT2D eigenvalue weighted by Gasteiger charge is -2.09. The summed E-state index contributed by atoms with van der Waals surface area (Å²) >= 11 is 0. The molecular weight excluding hydrogens is 268 g/mol. The maximum absolute atomic E-state index is 12.1. The zero-order valence-corrected chi connectivity index (χ0v) is 11.7. The Labute approximate surface area is 122 Å². The number of benzene rings is 1. The van der Waals surface area contributed by atoms with Crippen LogP contribution in [-0.4, -0.2) is 25.5 Å². The molecule has 0 radical (unpaired) electrons. The summed E-state index contributed by atoms with van der Waals surface area (Å²) in [7, 11) is 0. The monoisotopic (exact) mass is 286 g/mol. The van der Waals surface area contributed by atoms with Crippen molar-refractivity contribution in [3.63, 3.8) is 0 Å². The Balaban J connectivity index is 1.68. The SMILES string of the molecule is O=C(NCCC1CCNC1)c1cc2ccccc2oc1=O. The van der Waals surface area contributed by atoms with Crippen molar-refractivity contribution in [3.05, 3.63) is 46.3 Å². The second-order valence-corrected chi connectivity index (χ2v) is 5.39. The molecule has 5 nitrogen and oxygen atoms in total. The highest BCUT2D eigenvalue weighted by Gasteiger charge is 2.16. The number of para-hydroxylation sites is 1. The zero-order chi connectivity index (χ0) is 14.7. The lowest BCUT2D eigenvalue weighted by molar-refractivity contribution is 0.0948. The van der Waals surface area contributed by atoms with Gasteiger partial charge in [0, 0.05) is 11.9 Å². The molecule has 1 aromatic carbocycles. The molecule has 2 aromatic rings. The Morgan fingerprint density at radius 1 is 1.38 bits per heavy atom. The van der Waals surface area contributed by atoms with Gasteiger partial charge in [0.2, 0.25) is 0 Å². The number of hydrogen-bond donors (Lipinski definition) is 2. The Hall–Kier alpha value is -2.14. The molecule has 1 amide bonds. The molecule has 0 bridgehead atoms. The first kappa shape index (κ1) is 13.8. The molecule has 2 N–H and O–H groups in total. The summed E-state index contributed by atoms with van der Waals surface area (Å²) < 4.78 is 5.17. The van der Waals surface area contributed by atoms with Gasteiger partial charge < -0.3 is 15.1 Å². The molecule has 1 saturated heterocycles. The minimum Gasteiger partial charge on any atom is -0.422 e. The van der Waals surface area contributed by atoms with Gasteiger partial charge in [-0.1, -0.05) is 18.2 Å². The van der Waals surface area contributed by atoms with Crippen molar-refractivity contribution in [2.75, 3.05) is 19.6 Å². The van der Waals surface area contributed by atoms with Gasteiger partial charge in [-0.05, 0) is 44.0 Å². The highest BCUT2D eigenvalue weighted by Crippen LogP contribution is 2.13. The molecule has 1 aromatic heterocycles. The van der Waals surface area contributed by atoms with E-state index in [4.69, 9.17) is 4.42 Å². The summed E-state index contributed by atoms with van der Waals surface area (Å²) in [6.07, 6.45) is 2.08. The fourth-order valence-corrected chi connectivity index (χ4v) is 2.67. The van der Waals surface area contributed by atoms with Gasteiger partial charge in [0.15, 0.2) is 0 Å². The minimum absolute atomic E-state index is 0.0678. The maximum Gasteiger partial charge on any atom is 0.349 e. The van der Waals surface area contributed by atoms with E-state index in [1.165, 1.54) is 0 Å². The van der Waals surface area contributed by atoms with Gasteiger partial charge in [0.1, 0.15) is 11.1 Å². The van der Waals surface area contributed by atoms with Crippen LogP contribution in [0.25, 0.3) is 11.0 Å². The number of carbonyl (C=O) groups excluding carboxylic acids is 1. The van der Waals surface area contributed by atoms with Crippen LogP contribution in [-0.2, 0) is 0 Å². The van der Waals surface area contributed by atoms with Gasteiger partial charge >= 0.3 is 5.63 Å². The number of carbonyl (C=O) groups is 1. The average molecular weight is 286 g/mol. The van der Waals surface area contributed by atoms with Gasteiger partial charge in [-0.3, -0.25) is 4.79 Å². The topological polar surface area (TPSA) is 71.3 Å². The summed E-state index contributed by atoms with van der Waals surface area (Å²) in [6, 6.07) is 8.76. The number of amides is 1. The van der Waals surface area contributed by atoms with Crippen molar-refractivity contribution in [2.24, 2.45) is 5.92 Å². The largest absolute Gasteiger partial charge is 0.422 e. The van der Waals surface area contributed by atoms with Crippen LogP contribution in [0.15, 0.2) is 39.5 Å². The third-order valence-electron chi connectivity index (χ3n) is 3.89. The molecule has 1 atom stereocenters. The number of fused-ring (bicyclic) bond motifs is 1. The number of nitrogens with one attached hydrogen (secondary N) is 2. The van der Waals surface area contributed by atoms with E-state index >= 15 is 0 Å². The number of rotatable bonds is 4. The Morgan fingerprint density at radius 3 is 3.05 bits per heavy atom. The lowest BCUT2D eigenvalue weighted by Crippen LogP contribution is -2.30. The third-order valence-corrected chi connectivity index (χ3v) is 3.89. The maximum atomic E-state index is 12.1. The van der Waals surface area contributed by atoms with E-state index in [2.05, 4.69) is 10.6 Å². The summed E-state index contributed by atoms with van der Waals surface area (Å²) in [5.41, 5.74) is -0.0249. The van der Waals surface area contributed by atoms with Gasteiger partial charge in [0.05, 0.1) is 0 Å². The fourth-order valence-electron chi connectivity index (χ4n) is 2.67. The Bertz CT molecular complexity index is 702. The van der Waals surface area contributed by atoms with Crippen molar-refractivity contribution in [1.82, 2.24) is 10.6 Å². The summed E-state index contributed by atoms with van der Waals surface area (Å²) in [5.74, 6) is 0.249. The second kappa shape index (κ2) is 6.10. The van der Waals surface area contributed by atoms with Crippen LogP contribution in [0.5, 0.6) is 0 Å². The quantitative estimate of drug-likeness (QED) is 0.836. The van der Waals surface area contributed by atoms with Crippen molar-refractivity contribution >= 4 is 16.9 Å². The van der Waals surface area contributed by atoms with Gasteiger partial charge in [-0.25, -0.2) is 4.79 Å². The fraction of sp³-hybridized carbons (Fsp3) is 0.375. The summed E-state index contributed by atoms with van der Waals surface area (Å²) in [4.78, 5) is 24.0. The smallest absolute Gasteiger partial charge is 0.349 e. The molecule has 21 heavy (non-hydrogen) atoms. The van der Waals surface area contributed by atoms with Crippen LogP contribution >= 0.6 is 0 Å². The third kappa shape index (κ3) is 3.13. The van der Waals surface area contributed by atoms with Gasteiger partial charge in [-0.15, -0.1) is 0 Å². The number of hydrogen-bond acceptors (Lipinski definition) is 4. The van der Waals surface area contributed by atoms with Crippen LogP contribution in [0.3, 0.4) is 0 Å². The average Bonchev–Trinajstić information content (AvgIpc) is 2.99. The highest BCUT2D eigenvalue weighted by molar-refractivity contribution is 5.96. The molecule has 0 spiro atoms. The minimum atomic E-state index is -0.589. The van der Waals surface area contributed by atoms with Gasteiger partial charge in [0.25, 0.3) is 5.91 Å². The molecule has 1 aliphatic heterocycles. The molecule has 1 unspecified atom stereocenters. The van der Waals surface area contributed by atoms with Crippen LogP contribution in [0, 0.1) is 5.92 Å². The van der Waals surface area contributed by atoms with E-state index in [0.717, 1.165) is 31.3 Å². The van der Waals surface area contributed by atoms with Crippen molar-refractivity contribution in [3.8, 4) is 0 Å². The van der Waals surface area contributed by atoms with Crippen molar-refractivity contribution in [2.45, 2.75) is 12.8 Å². The van der Waals surface area contributed by atoms with Crippen LogP contribution in [0.4, 0.5) is 0 Å². The van der Waals surface area contributed by atoms with E-state index in [9.17, 15) is 9.59 Å². The van der Waals surface area contributed by atoms with Crippen molar-refractivity contribution < 1.29 is 9.21 Å². The van der Waals surface area contributed by atoms with Crippen LogP contribution in [0.1, 0.15) is 23.2 Å². The summed E-state index contributed by atoms with van der Waals surface area (Å²) in [6.45, 7) is 2.64. The molecule has 1 fully saturated rings. The molecular formula is C16H18N2O3. The Kier molecular flexibility index (Phi) is 4.01. The molecule has 3 rings (SSSR count). The first-order chi connectivity index (χ1) is 10.2. The predicted octanol–water partition coefficient (Wildman–Crippen LogP) is 1.52. The Morgan fingerprint density at radius 2 is 2.24 bits per heavy atom. The standard InChI is InChI=1S/C16H18N2O3/c19-15(18-8-6-11-5-7-17-10-11)13-9-12-3-1-2-4-14(12)21-16(13)20/h1-4,9,11,17H,5-8,10H2,(H,18,19). The molecule has 1 aliphatic rings. The van der Waals surface area contributed by atoms with E-state index in [0.29, 0.717) is 18.0 Å². The first-order valence-corrected chi connectivity index (χ1v) is 7.26. The molecule has 0 saturated carbocycles. The molecule has 110 valence electrons. The second-order valence-electron chi connectivity index (χ2n) is 5.39. The first-order valence-electron chi connectivity index (χ1n) is 7.26. The van der Waals surface area contributed by atoms with E-state index < -0.39 is 5.63 Å². The van der Waals surface area contributed by atoms with E-state index in [1.54, 1.807) is 18.2 Å². The van der Waals surface area contributed by atoms with Crippen molar-refractivity contribution in [1.29, 1.82) is 0 Å². The molecule has 2 heterocycles. The van der Waals surface area contributed by atoms with Crippen LogP contribution in [0.2, 0.25) is 0 Å². The van der Waals surface area contributed by atoms with Crippen LogP contribution < -0.4 is 16.3 Å². The van der Waals surface area contributed by atoms with Gasteiger partial charge in [-0.2, -0.15) is 0 Å². The zero-order valence-electron chi connectivity index (χ0n) is 11.7. The van der Waals surface area contributed by atoms with E-state index in [-0.39, 0.29) is 11.5 Å². The lowest BCUT2D eigenvalue weighted by atomic mass is 10.1. The molecule has 5 heteroatoms. The molecule has 0 aliphatic carbocycles. The van der Waals surface area contributed by atoms with E-state index in [1.807, 2.05) is 12.1 Å². The predicted molar refractivity (Wildman–Crippen MR) is 80.4 cm³/mol.